The molecule has 7 rings (SSSR count). The van der Waals surface area contributed by atoms with Crippen LogP contribution in [-0.4, -0.2) is 28.6 Å². The molecule has 44 heavy (non-hydrogen) atoms. The second-order valence-corrected chi connectivity index (χ2v) is 12.7. The lowest BCUT2D eigenvalue weighted by Gasteiger charge is -2.28. The van der Waals surface area contributed by atoms with Gasteiger partial charge in [-0.15, -0.1) is 0 Å². The molecule has 3 aromatic rings. The van der Waals surface area contributed by atoms with E-state index in [1.807, 2.05) is 31.3 Å². The first-order valence-electron chi connectivity index (χ1n) is 15.7. The fraction of sp³-hybridized carbons (Fsp3) is 0.457. The minimum Gasteiger partial charge on any atom is -0.373 e. The molecule has 232 valence electrons. The van der Waals surface area contributed by atoms with Crippen molar-refractivity contribution in [1.29, 1.82) is 0 Å². The van der Waals surface area contributed by atoms with E-state index in [-0.39, 0.29) is 17.4 Å². The fourth-order valence-corrected chi connectivity index (χ4v) is 6.27. The largest absolute Gasteiger partial charge is 0.373 e. The molecular formula is C35H40ClN3O5. The van der Waals surface area contributed by atoms with Gasteiger partial charge in [0.05, 0.1) is 36.8 Å². The number of pyridine rings is 1. The topological polar surface area (TPSA) is 98.7 Å². The Bertz CT molecular complexity index is 1610. The minimum absolute atomic E-state index is 0.00674. The average molecular weight is 618 g/mol. The molecule has 2 N–H and O–H groups in total. The highest BCUT2D eigenvalue weighted by Gasteiger charge is 2.25. The lowest BCUT2D eigenvalue weighted by molar-refractivity contribution is -0.117. The number of carbonyl (C=O) groups is 2. The van der Waals surface area contributed by atoms with E-state index < -0.39 is 0 Å². The summed E-state index contributed by atoms with van der Waals surface area (Å²) in [6.45, 7) is 2.80. The number of halogens is 1. The van der Waals surface area contributed by atoms with Gasteiger partial charge < -0.3 is 24.7 Å². The van der Waals surface area contributed by atoms with Crippen LogP contribution >= 0.6 is 11.6 Å². The van der Waals surface area contributed by atoms with Gasteiger partial charge in [-0.3, -0.25) is 14.4 Å². The van der Waals surface area contributed by atoms with Crippen LogP contribution in [0.15, 0.2) is 41.3 Å². The smallest absolute Gasteiger partial charge is 0.253 e. The molecule has 0 unspecified atom stereocenters. The molecule has 0 bridgehead atoms. The maximum absolute atomic E-state index is 12.1. The molecule has 9 heteroatoms. The first-order chi connectivity index (χ1) is 21.3. The third-order valence-electron chi connectivity index (χ3n) is 9.22. The van der Waals surface area contributed by atoms with E-state index in [9.17, 15) is 14.4 Å². The summed E-state index contributed by atoms with van der Waals surface area (Å²) in [5.74, 6) is 0.117. The number of nitrogens with one attached hydrogen (secondary N) is 2. The number of aryl methyl sites for hydroxylation is 4. The quantitative estimate of drug-likeness (QED) is 0.311. The van der Waals surface area contributed by atoms with Crippen LogP contribution in [0.5, 0.6) is 0 Å². The van der Waals surface area contributed by atoms with Crippen molar-refractivity contribution in [2.75, 3.05) is 10.6 Å². The zero-order valence-corrected chi connectivity index (χ0v) is 26.2. The summed E-state index contributed by atoms with van der Waals surface area (Å²) >= 11 is 6.22. The SMILES string of the molecule is Cc1cc(-c2ccc3c(c2COC2CCC2)NC(=O)CC3)cn(C)c1=O.O=C1CCc2ccc(Cl)c(COC3CCC3)c2N1. The van der Waals surface area contributed by atoms with Crippen molar-refractivity contribution in [2.45, 2.75) is 96.6 Å². The van der Waals surface area contributed by atoms with Gasteiger partial charge in [0.15, 0.2) is 0 Å². The van der Waals surface area contributed by atoms with Crippen LogP contribution in [0.25, 0.3) is 11.1 Å². The van der Waals surface area contributed by atoms with Gasteiger partial charge in [0.1, 0.15) is 0 Å². The van der Waals surface area contributed by atoms with Crippen LogP contribution < -0.4 is 16.2 Å². The number of hydrogen-bond acceptors (Lipinski definition) is 5. The lowest BCUT2D eigenvalue weighted by Crippen LogP contribution is -2.24. The summed E-state index contributed by atoms with van der Waals surface area (Å²) in [7, 11) is 1.77. The molecule has 2 fully saturated rings. The fourth-order valence-electron chi connectivity index (χ4n) is 6.06. The van der Waals surface area contributed by atoms with Crippen molar-refractivity contribution in [2.24, 2.45) is 7.05 Å². The summed E-state index contributed by atoms with van der Waals surface area (Å²) in [6.07, 6.45) is 12.1. The molecule has 1 aromatic heterocycles. The van der Waals surface area contributed by atoms with Gasteiger partial charge in [0.2, 0.25) is 11.8 Å². The molecule has 4 aliphatic rings. The third kappa shape index (κ3) is 6.63. The van der Waals surface area contributed by atoms with Crippen molar-refractivity contribution >= 4 is 34.8 Å². The number of rotatable bonds is 7. The van der Waals surface area contributed by atoms with Crippen molar-refractivity contribution < 1.29 is 19.1 Å². The van der Waals surface area contributed by atoms with Crippen LogP contribution in [0.3, 0.4) is 0 Å². The van der Waals surface area contributed by atoms with Crippen molar-refractivity contribution in [3.8, 4) is 11.1 Å². The summed E-state index contributed by atoms with van der Waals surface area (Å²) < 4.78 is 13.5. The van der Waals surface area contributed by atoms with Crippen LogP contribution in [0.4, 0.5) is 11.4 Å². The molecular weight excluding hydrogens is 578 g/mol. The number of fused-ring (bicyclic) bond motifs is 2. The van der Waals surface area contributed by atoms with Crippen molar-refractivity contribution in [3.63, 3.8) is 0 Å². The molecule has 3 heterocycles. The zero-order chi connectivity index (χ0) is 30.8. The highest BCUT2D eigenvalue weighted by molar-refractivity contribution is 6.32. The molecule has 2 saturated carbocycles. The third-order valence-corrected chi connectivity index (χ3v) is 9.57. The van der Waals surface area contributed by atoms with Gasteiger partial charge >= 0.3 is 0 Å². The van der Waals surface area contributed by atoms with Gasteiger partial charge in [-0.1, -0.05) is 29.8 Å². The van der Waals surface area contributed by atoms with E-state index in [0.29, 0.717) is 48.8 Å². The Morgan fingerprint density at radius 1 is 0.795 bits per heavy atom. The second kappa shape index (κ2) is 13.3. The highest BCUT2D eigenvalue weighted by Crippen LogP contribution is 2.37. The van der Waals surface area contributed by atoms with Crippen LogP contribution in [0, 0.1) is 6.92 Å². The second-order valence-electron chi connectivity index (χ2n) is 12.3. The van der Waals surface area contributed by atoms with E-state index in [1.54, 1.807) is 11.6 Å². The Morgan fingerprint density at radius 2 is 1.34 bits per heavy atom. The predicted octanol–water partition coefficient (Wildman–Crippen LogP) is 6.61. The highest BCUT2D eigenvalue weighted by atomic mass is 35.5. The number of benzene rings is 2. The van der Waals surface area contributed by atoms with Gasteiger partial charge in [-0.2, -0.15) is 0 Å². The number of nitrogens with zero attached hydrogens (tertiary/aromatic N) is 1. The Balaban J connectivity index is 0.000000167. The van der Waals surface area contributed by atoms with Crippen LogP contribution in [0.1, 0.15) is 79.2 Å². The Morgan fingerprint density at radius 3 is 1.89 bits per heavy atom. The lowest BCUT2D eigenvalue weighted by atomic mass is 9.91. The molecule has 8 nitrogen and oxygen atoms in total. The van der Waals surface area contributed by atoms with E-state index in [0.717, 1.165) is 83.3 Å². The summed E-state index contributed by atoms with van der Waals surface area (Å²) in [4.78, 5) is 35.5. The molecule has 2 amide bonds. The number of hydrogen-bond donors (Lipinski definition) is 2. The van der Waals surface area contributed by atoms with Gasteiger partial charge in [0.25, 0.3) is 5.56 Å². The maximum Gasteiger partial charge on any atom is 0.253 e. The van der Waals surface area contributed by atoms with Crippen LogP contribution in [0.2, 0.25) is 5.02 Å². The number of amides is 2. The molecule has 2 aliphatic carbocycles. The maximum atomic E-state index is 12.1. The van der Waals surface area contributed by atoms with E-state index in [2.05, 4.69) is 22.8 Å². The van der Waals surface area contributed by atoms with E-state index in [4.69, 9.17) is 21.1 Å². The normalized spacial score (nSPS) is 17.7. The van der Waals surface area contributed by atoms with Gasteiger partial charge in [0, 0.05) is 47.8 Å². The number of ether oxygens (including phenoxy) is 2. The minimum atomic E-state index is 0.00674. The van der Waals surface area contributed by atoms with E-state index in [1.165, 1.54) is 12.8 Å². The average Bonchev–Trinajstić information content (AvgIpc) is 2.95. The molecule has 0 radical (unpaired) electrons. The van der Waals surface area contributed by atoms with E-state index >= 15 is 0 Å². The predicted molar refractivity (Wildman–Crippen MR) is 172 cm³/mol. The Hall–Kier alpha value is -3.46. The standard InChI is InChI=1S/C21H24N2O3.C14H16ClNO2/c1-13-10-15(11-23(2)21(13)25)17-8-6-14-7-9-19(24)22-20(14)18(17)12-26-16-4-3-5-16;15-12-6-4-9-5-7-13(17)16-14(9)11(12)8-18-10-2-1-3-10/h6,8,10-11,16H,3-5,7,9,12H2,1-2H3,(H,22,24);4,6,10H,1-3,5,7-8H2,(H,16,17). The summed E-state index contributed by atoms with van der Waals surface area (Å²) in [5, 5.41) is 6.65. The monoisotopic (exact) mass is 617 g/mol. The number of aromatic nitrogens is 1. The Kier molecular flexibility index (Phi) is 9.21. The zero-order valence-electron chi connectivity index (χ0n) is 25.5. The summed E-state index contributed by atoms with van der Waals surface area (Å²) in [6, 6.07) is 9.98. The van der Waals surface area contributed by atoms with Gasteiger partial charge in [-0.05, 0) is 92.7 Å². The summed E-state index contributed by atoms with van der Waals surface area (Å²) in [5.41, 5.74) is 8.72. The van der Waals surface area contributed by atoms with Crippen LogP contribution in [-0.2, 0) is 52.2 Å². The first kappa shape index (κ1) is 30.6. The van der Waals surface area contributed by atoms with Gasteiger partial charge in [-0.25, -0.2) is 0 Å². The number of carbonyl (C=O) groups excluding carboxylic acids is 2. The molecule has 0 spiro atoms. The first-order valence-corrected chi connectivity index (χ1v) is 16.1. The molecule has 2 aromatic carbocycles. The van der Waals surface area contributed by atoms with Crippen molar-refractivity contribution in [3.05, 3.63) is 79.7 Å². The molecule has 2 aliphatic heterocycles. The molecule has 0 atom stereocenters. The molecule has 0 saturated heterocycles. The number of anilines is 2. The Labute approximate surface area is 263 Å². The van der Waals surface area contributed by atoms with Crippen molar-refractivity contribution in [1.82, 2.24) is 4.57 Å².